The number of ether oxygens (including phenoxy) is 2. The molecule has 1 aromatic carbocycles. The fraction of sp³-hybridized carbons (Fsp3) is 0.538. The van der Waals surface area contributed by atoms with E-state index in [0.717, 1.165) is 12.8 Å². The molecule has 1 aromatic rings. The third kappa shape index (κ3) is 3.70. The van der Waals surface area contributed by atoms with Crippen LogP contribution in [-0.2, 0) is 9.47 Å². The Bertz CT molecular complexity index is 413. The molecule has 100 valence electrons. The van der Waals surface area contributed by atoms with Gasteiger partial charge in [-0.15, -0.1) is 0 Å². The highest BCUT2D eigenvalue weighted by Crippen LogP contribution is 2.36. The summed E-state index contributed by atoms with van der Waals surface area (Å²) in [5.74, 6) is 0. The molecular weight excluding hydrogens is 569 g/mol. The van der Waals surface area contributed by atoms with E-state index in [2.05, 4.69) is 93.8 Å². The zero-order valence-electron chi connectivity index (χ0n) is 10.3. The van der Waals surface area contributed by atoms with Gasteiger partial charge in [-0.2, -0.15) is 0 Å². The summed E-state index contributed by atoms with van der Waals surface area (Å²) >= 11 is 7.08. The van der Waals surface area contributed by atoms with Crippen molar-refractivity contribution in [2.75, 3.05) is 0 Å². The molecule has 0 N–H and O–H groups in total. The van der Waals surface area contributed by atoms with Crippen LogP contribution in [0.5, 0.6) is 0 Å². The highest BCUT2D eigenvalue weighted by molar-refractivity contribution is 14.1. The van der Waals surface area contributed by atoms with Gasteiger partial charge in [0, 0.05) is 16.3 Å². The maximum Gasteiger partial charge on any atom is 0.186 e. The molecule has 0 aliphatic carbocycles. The highest BCUT2D eigenvalue weighted by Gasteiger charge is 2.30. The van der Waals surface area contributed by atoms with Crippen molar-refractivity contribution in [2.24, 2.45) is 0 Å². The Hall–Kier alpha value is 1.33. The molecule has 1 aliphatic heterocycles. The van der Waals surface area contributed by atoms with E-state index in [1.807, 2.05) is 0 Å². The first-order valence-electron chi connectivity index (χ1n) is 5.96. The minimum Gasteiger partial charge on any atom is -0.345 e. The summed E-state index contributed by atoms with van der Waals surface area (Å²) in [6.07, 6.45) is 2.39. The molecule has 0 amide bonds. The van der Waals surface area contributed by atoms with E-state index in [1.54, 1.807) is 0 Å². The average Bonchev–Trinajstić information content (AvgIpc) is 2.26. The van der Waals surface area contributed by atoms with Crippen LogP contribution in [0.1, 0.15) is 38.5 Å². The van der Waals surface area contributed by atoms with Gasteiger partial charge >= 0.3 is 0 Å². The molecule has 5 heteroatoms. The van der Waals surface area contributed by atoms with Gasteiger partial charge in [0.2, 0.25) is 0 Å². The Morgan fingerprint density at radius 2 is 1.78 bits per heavy atom. The molecule has 0 bridgehead atoms. The van der Waals surface area contributed by atoms with Crippen LogP contribution in [0, 0.1) is 10.7 Å². The normalized spacial score (nSPS) is 28.4. The lowest BCUT2D eigenvalue weighted by atomic mass is 10.1. The van der Waals surface area contributed by atoms with Crippen molar-refractivity contribution in [1.82, 2.24) is 0 Å². The molecule has 0 spiro atoms. The molecule has 1 saturated heterocycles. The number of halogens is 3. The third-order valence-corrected chi connectivity index (χ3v) is 5.41. The Morgan fingerprint density at radius 3 is 2.33 bits per heavy atom. The average molecular weight is 584 g/mol. The fourth-order valence-corrected chi connectivity index (χ4v) is 6.17. The Labute approximate surface area is 149 Å². The molecule has 2 nitrogen and oxygen atoms in total. The molecule has 1 heterocycles. The molecule has 1 fully saturated rings. The van der Waals surface area contributed by atoms with Crippen LogP contribution in [-0.4, -0.2) is 12.2 Å². The first-order chi connectivity index (χ1) is 8.51. The summed E-state index contributed by atoms with van der Waals surface area (Å²) in [4.78, 5) is 0. The zero-order chi connectivity index (χ0) is 13.3. The lowest BCUT2D eigenvalue weighted by Gasteiger charge is -2.35. The predicted molar refractivity (Wildman–Crippen MR) is 97.7 cm³/mol. The quantitative estimate of drug-likeness (QED) is 0.451. The standard InChI is InChI=1S/C13H15I3O2/c1-3-9-4-7(2)17-13(18-9)12-10(15)5-8(14)6-11(12)16/h5-7,9,13H,3-4H2,1-2H3. The Balaban J connectivity index is 2.30. The van der Waals surface area contributed by atoms with E-state index in [4.69, 9.17) is 9.47 Å². The van der Waals surface area contributed by atoms with Gasteiger partial charge in [-0.05, 0) is 99.7 Å². The van der Waals surface area contributed by atoms with E-state index in [-0.39, 0.29) is 12.4 Å². The molecule has 1 aliphatic rings. The van der Waals surface area contributed by atoms with E-state index < -0.39 is 0 Å². The van der Waals surface area contributed by atoms with Gasteiger partial charge < -0.3 is 9.47 Å². The topological polar surface area (TPSA) is 18.5 Å². The van der Waals surface area contributed by atoms with Crippen LogP contribution >= 0.6 is 67.8 Å². The number of rotatable bonds is 2. The van der Waals surface area contributed by atoms with Gasteiger partial charge in [0.1, 0.15) is 0 Å². The maximum atomic E-state index is 6.06. The predicted octanol–water partition coefficient (Wildman–Crippen LogP) is 5.10. The largest absolute Gasteiger partial charge is 0.345 e. The summed E-state index contributed by atoms with van der Waals surface area (Å²) in [6.45, 7) is 4.30. The molecule has 0 aromatic heterocycles. The van der Waals surface area contributed by atoms with Gasteiger partial charge in [-0.1, -0.05) is 6.92 Å². The van der Waals surface area contributed by atoms with Gasteiger partial charge in [0.05, 0.1) is 12.2 Å². The van der Waals surface area contributed by atoms with Crippen molar-refractivity contribution >= 4 is 67.8 Å². The monoisotopic (exact) mass is 584 g/mol. The molecule has 3 atom stereocenters. The van der Waals surface area contributed by atoms with Gasteiger partial charge in [0.25, 0.3) is 0 Å². The van der Waals surface area contributed by atoms with Crippen LogP contribution < -0.4 is 0 Å². The number of hydrogen-bond acceptors (Lipinski definition) is 2. The number of hydrogen-bond donors (Lipinski definition) is 0. The van der Waals surface area contributed by atoms with Crippen molar-refractivity contribution < 1.29 is 9.47 Å². The lowest BCUT2D eigenvalue weighted by Crippen LogP contribution is -2.32. The molecule has 2 rings (SSSR count). The van der Waals surface area contributed by atoms with Crippen molar-refractivity contribution in [3.63, 3.8) is 0 Å². The van der Waals surface area contributed by atoms with Crippen LogP contribution in [0.25, 0.3) is 0 Å². The number of benzene rings is 1. The van der Waals surface area contributed by atoms with Crippen molar-refractivity contribution in [3.8, 4) is 0 Å². The van der Waals surface area contributed by atoms with E-state index in [0.29, 0.717) is 6.10 Å². The molecular formula is C13H15I3O2. The Kier molecular flexibility index (Phi) is 5.99. The zero-order valence-corrected chi connectivity index (χ0v) is 16.7. The Morgan fingerprint density at radius 1 is 1.17 bits per heavy atom. The summed E-state index contributed by atoms with van der Waals surface area (Å²) < 4.78 is 15.7. The van der Waals surface area contributed by atoms with E-state index >= 15 is 0 Å². The van der Waals surface area contributed by atoms with Gasteiger partial charge in [0.15, 0.2) is 6.29 Å². The summed E-state index contributed by atoms with van der Waals surface area (Å²) in [7, 11) is 0. The second-order valence-corrected chi connectivity index (χ2v) is 8.03. The molecule has 0 radical (unpaired) electrons. The van der Waals surface area contributed by atoms with Crippen molar-refractivity contribution in [3.05, 3.63) is 28.4 Å². The van der Waals surface area contributed by atoms with E-state index in [1.165, 1.54) is 16.3 Å². The van der Waals surface area contributed by atoms with Crippen LogP contribution in [0.15, 0.2) is 12.1 Å². The smallest absolute Gasteiger partial charge is 0.186 e. The summed E-state index contributed by atoms with van der Waals surface area (Å²) in [5.41, 5.74) is 1.18. The molecule has 3 unspecified atom stereocenters. The lowest BCUT2D eigenvalue weighted by molar-refractivity contribution is -0.244. The molecule has 18 heavy (non-hydrogen) atoms. The van der Waals surface area contributed by atoms with Crippen LogP contribution in [0.2, 0.25) is 0 Å². The van der Waals surface area contributed by atoms with Crippen LogP contribution in [0.3, 0.4) is 0 Å². The maximum absolute atomic E-state index is 6.06. The minimum absolute atomic E-state index is 0.213. The van der Waals surface area contributed by atoms with E-state index in [9.17, 15) is 0 Å². The highest BCUT2D eigenvalue weighted by atomic mass is 127. The first-order valence-corrected chi connectivity index (χ1v) is 9.20. The summed E-state index contributed by atoms with van der Waals surface area (Å²) in [6, 6.07) is 4.34. The SMILES string of the molecule is CCC1CC(C)OC(c2c(I)cc(I)cc2I)O1. The molecule has 0 saturated carbocycles. The van der Waals surface area contributed by atoms with Crippen molar-refractivity contribution in [1.29, 1.82) is 0 Å². The van der Waals surface area contributed by atoms with Crippen LogP contribution in [0.4, 0.5) is 0 Å². The first kappa shape index (κ1) is 15.7. The summed E-state index contributed by atoms with van der Waals surface area (Å²) in [5, 5.41) is 0. The second-order valence-electron chi connectivity index (χ2n) is 4.46. The van der Waals surface area contributed by atoms with Gasteiger partial charge in [-0.25, -0.2) is 0 Å². The van der Waals surface area contributed by atoms with Gasteiger partial charge in [-0.3, -0.25) is 0 Å². The third-order valence-electron chi connectivity index (χ3n) is 3.00. The minimum atomic E-state index is -0.213. The van der Waals surface area contributed by atoms with Crippen molar-refractivity contribution in [2.45, 2.75) is 45.2 Å². The fourth-order valence-electron chi connectivity index (χ4n) is 2.08. The second kappa shape index (κ2) is 6.86.